The fourth-order valence-electron chi connectivity index (χ4n) is 1.55. The lowest BCUT2D eigenvalue weighted by Gasteiger charge is -2.02. The lowest BCUT2D eigenvalue weighted by Crippen LogP contribution is -2.18. The lowest BCUT2D eigenvalue weighted by molar-refractivity contribution is 0.198. The Morgan fingerprint density at radius 3 is 2.75 bits per heavy atom. The highest BCUT2D eigenvalue weighted by Crippen LogP contribution is 2.12. The molecule has 0 aliphatic carbocycles. The molecule has 1 aromatic carbocycles. The van der Waals surface area contributed by atoms with E-state index in [1.54, 1.807) is 7.11 Å². The number of ether oxygens (including phenoxy) is 1. The maximum absolute atomic E-state index is 5.46. The van der Waals surface area contributed by atoms with Gasteiger partial charge in [0.1, 0.15) is 0 Å². The Bertz CT molecular complexity index is 515. The molecule has 20 heavy (non-hydrogen) atoms. The second-order valence-electron chi connectivity index (χ2n) is 4.15. The van der Waals surface area contributed by atoms with Crippen molar-refractivity contribution in [2.45, 2.75) is 13.1 Å². The van der Waals surface area contributed by atoms with Crippen LogP contribution in [0.1, 0.15) is 11.5 Å². The zero-order valence-electron chi connectivity index (χ0n) is 11.2. The van der Waals surface area contributed by atoms with Crippen LogP contribution in [-0.2, 0) is 17.8 Å². The van der Waals surface area contributed by atoms with Gasteiger partial charge in [-0.25, -0.2) is 0 Å². The maximum Gasteiger partial charge on any atom is 0.315 e. The summed E-state index contributed by atoms with van der Waals surface area (Å²) in [4.78, 5) is 0. The van der Waals surface area contributed by atoms with Gasteiger partial charge in [0.15, 0.2) is 0 Å². The third-order valence-corrected chi connectivity index (χ3v) is 3.11. The summed E-state index contributed by atoms with van der Waals surface area (Å²) in [5.74, 6) is 0.555. The minimum Gasteiger partial charge on any atom is -0.407 e. The first-order chi connectivity index (χ1) is 9.78. The molecule has 108 valence electrons. The molecule has 0 bridgehead atoms. The van der Waals surface area contributed by atoms with Gasteiger partial charge in [-0.2, -0.15) is 0 Å². The van der Waals surface area contributed by atoms with Gasteiger partial charge in [-0.05, 0) is 17.7 Å². The minimum absolute atomic E-state index is 0.427. The molecule has 1 heterocycles. The largest absolute Gasteiger partial charge is 0.407 e. The van der Waals surface area contributed by atoms with Gasteiger partial charge in [0.25, 0.3) is 0 Å². The average Bonchev–Trinajstić information content (AvgIpc) is 2.91. The molecule has 6 nitrogen and oxygen atoms in total. The molecular weight excluding hydrogens is 324 g/mol. The van der Waals surface area contributed by atoms with E-state index in [4.69, 9.17) is 9.15 Å². The molecule has 0 saturated carbocycles. The lowest BCUT2D eigenvalue weighted by atomic mass is 10.2. The normalized spacial score (nSPS) is 10.7. The van der Waals surface area contributed by atoms with Crippen molar-refractivity contribution in [1.29, 1.82) is 0 Å². The SMILES string of the molecule is COCCNCc1nnc(NCc2ccc(Br)cc2)o1. The number of aromatic nitrogens is 2. The Labute approximate surface area is 126 Å². The molecule has 0 aliphatic heterocycles. The van der Waals surface area contributed by atoms with E-state index < -0.39 is 0 Å². The van der Waals surface area contributed by atoms with Gasteiger partial charge < -0.3 is 19.8 Å². The molecule has 2 N–H and O–H groups in total. The molecule has 2 rings (SSSR count). The van der Waals surface area contributed by atoms with Crippen LogP contribution in [0.2, 0.25) is 0 Å². The van der Waals surface area contributed by atoms with Gasteiger partial charge in [-0.1, -0.05) is 33.2 Å². The minimum atomic E-state index is 0.427. The first-order valence-corrected chi connectivity index (χ1v) is 7.07. The molecular formula is C13H17BrN4O2. The maximum atomic E-state index is 5.46. The first kappa shape index (κ1) is 15.0. The van der Waals surface area contributed by atoms with Gasteiger partial charge in [0.05, 0.1) is 13.2 Å². The van der Waals surface area contributed by atoms with Gasteiger partial charge in [-0.3, -0.25) is 0 Å². The van der Waals surface area contributed by atoms with Crippen molar-refractivity contribution < 1.29 is 9.15 Å². The number of halogens is 1. The smallest absolute Gasteiger partial charge is 0.315 e. The van der Waals surface area contributed by atoms with Gasteiger partial charge in [0, 0.05) is 24.7 Å². The van der Waals surface area contributed by atoms with E-state index >= 15 is 0 Å². The third-order valence-electron chi connectivity index (χ3n) is 2.58. The number of rotatable bonds is 8. The molecule has 0 unspecified atom stereocenters. The van der Waals surface area contributed by atoms with E-state index in [2.05, 4.69) is 36.8 Å². The van der Waals surface area contributed by atoms with Crippen LogP contribution in [0.5, 0.6) is 0 Å². The van der Waals surface area contributed by atoms with E-state index in [0.29, 0.717) is 31.6 Å². The Balaban J connectivity index is 1.76. The van der Waals surface area contributed by atoms with Crippen LogP contribution in [0, 0.1) is 0 Å². The number of benzene rings is 1. The number of hydrogen-bond donors (Lipinski definition) is 2. The summed E-state index contributed by atoms with van der Waals surface area (Å²) in [6.45, 7) is 2.59. The molecule has 0 aliphatic rings. The molecule has 0 atom stereocenters. The fraction of sp³-hybridized carbons (Fsp3) is 0.385. The number of methoxy groups -OCH3 is 1. The second kappa shape index (κ2) is 7.98. The van der Waals surface area contributed by atoms with Crippen molar-refractivity contribution >= 4 is 21.9 Å². The highest BCUT2D eigenvalue weighted by Gasteiger charge is 2.05. The summed E-state index contributed by atoms with van der Waals surface area (Å²) in [5, 5.41) is 14.1. The van der Waals surface area contributed by atoms with Crippen LogP contribution >= 0.6 is 15.9 Å². The molecule has 0 amide bonds. The Morgan fingerprint density at radius 1 is 1.20 bits per heavy atom. The van der Waals surface area contributed by atoms with Gasteiger partial charge in [0.2, 0.25) is 5.89 Å². The van der Waals surface area contributed by atoms with Crippen molar-refractivity contribution in [2.24, 2.45) is 0 Å². The fourth-order valence-corrected chi connectivity index (χ4v) is 1.81. The van der Waals surface area contributed by atoms with E-state index in [-0.39, 0.29) is 0 Å². The highest BCUT2D eigenvalue weighted by atomic mass is 79.9. The number of anilines is 1. The Hall–Kier alpha value is -1.44. The first-order valence-electron chi connectivity index (χ1n) is 6.28. The molecule has 1 aromatic heterocycles. The summed E-state index contributed by atoms with van der Waals surface area (Å²) in [7, 11) is 1.67. The number of nitrogens with one attached hydrogen (secondary N) is 2. The second-order valence-corrected chi connectivity index (χ2v) is 5.07. The Morgan fingerprint density at radius 2 is 2.00 bits per heavy atom. The number of nitrogens with zero attached hydrogens (tertiary/aromatic N) is 2. The average molecular weight is 341 g/mol. The van der Waals surface area contributed by atoms with E-state index in [1.807, 2.05) is 24.3 Å². The van der Waals surface area contributed by atoms with E-state index in [9.17, 15) is 0 Å². The topological polar surface area (TPSA) is 72.2 Å². The van der Waals surface area contributed by atoms with Crippen molar-refractivity contribution in [3.05, 3.63) is 40.2 Å². The van der Waals surface area contributed by atoms with Crippen molar-refractivity contribution in [1.82, 2.24) is 15.5 Å². The molecule has 7 heteroatoms. The monoisotopic (exact) mass is 340 g/mol. The number of hydrogen-bond acceptors (Lipinski definition) is 6. The summed E-state index contributed by atoms with van der Waals surface area (Å²) in [6.07, 6.45) is 0. The van der Waals surface area contributed by atoms with Gasteiger partial charge >= 0.3 is 6.01 Å². The van der Waals surface area contributed by atoms with Crippen LogP contribution in [0.15, 0.2) is 33.2 Å². The summed E-state index contributed by atoms with van der Waals surface area (Å²) < 4.78 is 11.5. The van der Waals surface area contributed by atoms with Crippen molar-refractivity contribution in [3.63, 3.8) is 0 Å². The van der Waals surface area contributed by atoms with Crippen LogP contribution in [0.25, 0.3) is 0 Å². The Kier molecular flexibility index (Phi) is 5.97. The predicted octanol–water partition coefficient (Wildman–Crippen LogP) is 2.18. The van der Waals surface area contributed by atoms with Gasteiger partial charge in [-0.15, -0.1) is 5.10 Å². The summed E-state index contributed by atoms with van der Waals surface area (Å²) >= 11 is 3.40. The zero-order valence-corrected chi connectivity index (χ0v) is 12.8. The quantitative estimate of drug-likeness (QED) is 0.717. The molecule has 0 fully saturated rings. The molecule has 0 spiro atoms. The predicted molar refractivity (Wildman–Crippen MR) is 79.3 cm³/mol. The van der Waals surface area contributed by atoms with Crippen LogP contribution in [0.3, 0.4) is 0 Å². The zero-order chi connectivity index (χ0) is 14.2. The van der Waals surface area contributed by atoms with Crippen LogP contribution in [-0.4, -0.2) is 30.5 Å². The molecule has 0 saturated heterocycles. The third kappa shape index (κ3) is 4.92. The van der Waals surface area contributed by atoms with Crippen molar-refractivity contribution in [2.75, 3.05) is 25.6 Å². The summed E-state index contributed by atoms with van der Waals surface area (Å²) in [6, 6.07) is 8.48. The van der Waals surface area contributed by atoms with Crippen molar-refractivity contribution in [3.8, 4) is 0 Å². The van der Waals surface area contributed by atoms with E-state index in [0.717, 1.165) is 16.6 Å². The van der Waals surface area contributed by atoms with E-state index in [1.165, 1.54) is 0 Å². The standard InChI is InChI=1S/C13H17BrN4O2/c1-19-7-6-15-9-12-17-18-13(20-12)16-8-10-2-4-11(14)5-3-10/h2-5,15H,6-9H2,1H3,(H,16,18). The molecule has 0 radical (unpaired) electrons. The molecule has 2 aromatic rings. The summed E-state index contributed by atoms with van der Waals surface area (Å²) in [5.41, 5.74) is 1.14. The highest BCUT2D eigenvalue weighted by molar-refractivity contribution is 9.10. The van der Waals surface area contributed by atoms with Crippen LogP contribution < -0.4 is 10.6 Å². The van der Waals surface area contributed by atoms with Crippen LogP contribution in [0.4, 0.5) is 6.01 Å².